The molecule has 11 atom stereocenters. The number of aryl methyl sites for hydroxylation is 1. The summed E-state index contributed by atoms with van der Waals surface area (Å²) >= 11 is 0. The number of cyclic esters (lactones) is 1. The van der Waals surface area contributed by atoms with Crippen molar-refractivity contribution in [3.05, 3.63) is 59.4 Å². The second kappa shape index (κ2) is 13.7. The highest BCUT2D eigenvalue weighted by atomic mass is 16.6. The van der Waals surface area contributed by atoms with E-state index in [0.717, 1.165) is 16.8 Å². The molecule has 1 aromatic rings. The number of carbonyl (C=O) groups excluding carboxylic acids is 2. The fraction of sp³-hybridized carbons (Fsp3) is 0.629. The van der Waals surface area contributed by atoms with E-state index < -0.39 is 36.0 Å². The molecule has 11 unspecified atom stereocenters. The topological polar surface area (TPSA) is 133 Å². The van der Waals surface area contributed by atoms with Crippen LogP contribution in [-0.4, -0.2) is 77.5 Å². The Balaban J connectivity index is 1.33. The first kappa shape index (κ1) is 33.3. The molecule has 3 saturated heterocycles. The van der Waals surface area contributed by atoms with Gasteiger partial charge in [0.1, 0.15) is 35.9 Å². The molecule has 0 aliphatic carbocycles. The number of aliphatic hydroxyl groups excluding tert-OH is 1. The Morgan fingerprint density at radius 2 is 1.91 bits per heavy atom. The summed E-state index contributed by atoms with van der Waals surface area (Å²) in [5.41, 5.74) is 1.86. The minimum atomic E-state index is -0.905. The molecule has 10 nitrogen and oxygen atoms in total. The maximum absolute atomic E-state index is 13.4. The number of rotatable bonds is 7. The molecule has 2 bridgehead atoms. The largest absolute Gasteiger partial charge is 0.462 e. The lowest BCUT2D eigenvalue weighted by molar-refractivity contribution is -0.159. The van der Waals surface area contributed by atoms with Crippen molar-refractivity contribution in [2.24, 2.45) is 17.8 Å². The normalized spacial score (nSPS) is 38.0. The van der Waals surface area contributed by atoms with Gasteiger partial charge in [0.2, 0.25) is 0 Å². The quantitative estimate of drug-likeness (QED) is 0.190. The van der Waals surface area contributed by atoms with Gasteiger partial charge in [-0.05, 0) is 56.8 Å². The molecular weight excluding hydrogens is 578 g/mol. The Labute approximate surface area is 265 Å². The molecule has 4 aliphatic heterocycles. The zero-order chi connectivity index (χ0) is 32.5. The van der Waals surface area contributed by atoms with Gasteiger partial charge >= 0.3 is 11.9 Å². The van der Waals surface area contributed by atoms with E-state index in [-0.39, 0.29) is 48.5 Å². The molecule has 0 spiro atoms. The predicted molar refractivity (Wildman–Crippen MR) is 166 cm³/mol. The number of ether oxygens (including phenoxy) is 5. The molecular formula is C35H47NO9. The summed E-state index contributed by atoms with van der Waals surface area (Å²) in [6, 6.07) is 0. The molecule has 10 heteroatoms. The third-order valence-electron chi connectivity index (χ3n) is 9.63. The van der Waals surface area contributed by atoms with Gasteiger partial charge < -0.3 is 33.2 Å². The van der Waals surface area contributed by atoms with Crippen molar-refractivity contribution in [1.29, 1.82) is 0 Å². The highest BCUT2D eigenvalue weighted by Crippen LogP contribution is 2.44. The van der Waals surface area contributed by atoms with Crippen LogP contribution in [0.2, 0.25) is 0 Å². The summed E-state index contributed by atoms with van der Waals surface area (Å²) in [5, 5.41) is 11.4. The molecule has 1 N–H and O–H groups in total. The average molecular weight is 626 g/mol. The summed E-state index contributed by atoms with van der Waals surface area (Å²) in [6.07, 6.45) is 11.7. The second-order valence-electron chi connectivity index (χ2n) is 13.3. The van der Waals surface area contributed by atoms with Crippen molar-refractivity contribution < 1.29 is 42.8 Å². The van der Waals surface area contributed by atoms with E-state index in [1.165, 1.54) is 0 Å². The Hall–Kier alpha value is -3.05. The van der Waals surface area contributed by atoms with E-state index in [4.69, 9.17) is 28.1 Å². The molecule has 1 aromatic heterocycles. The van der Waals surface area contributed by atoms with Gasteiger partial charge in [0, 0.05) is 38.7 Å². The van der Waals surface area contributed by atoms with E-state index in [0.29, 0.717) is 25.2 Å². The number of epoxide rings is 2. The lowest BCUT2D eigenvalue weighted by Crippen LogP contribution is -2.42. The lowest BCUT2D eigenvalue weighted by atomic mass is 9.84. The number of allylic oxidation sites excluding steroid dienone is 4. The van der Waals surface area contributed by atoms with Crippen molar-refractivity contribution in [3.63, 3.8) is 0 Å². The Bertz CT molecular complexity index is 1360. The van der Waals surface area contributed by atoms with Gasteiger partial charge in [-0.15, -0.1) is 0 Å². The van der Waals surface area contributed by atoms with Gasteiger partial charge in [0.05, 0.1) is 18.3 Å². The third kappa shape index (κ3) is 8.03. The molecule has 45 heavy (non-hydrogen) atoms. The number of aliphatic hydroxyl groups is 1. The molecule has 4 aliphatic rings. The first-order valence-electron chi connectivity index (χ1n) is 16.0. The summed E-state index contributed by atoms with van der Waals surface area (Å²) < 4.78 is 34.7. The molecule has 0 aromatic carbocycles. The summed E-state index contributed by atoms with van der Waals surface area (Å²) in [7, 11) is 1.63. The maximum Gasteiger partial charge on any atom is 0.338 e. The minimum absolute atomic E-state index is 0.0130. The monoisotopic (exact) mass is 625 g/mol. The van der Waals surface area contributed by atoms with Gasteiger partial charge in [-0.2, -0.15) is 0 Å². The van der Waals surface area contributed by atoms with E-state index in [1.54, 1.807) is 20.3 Å². The van der Waals surface area contributed by atoms with Crippen molar-refractivity contribution in [3.8, 4) is 0 Å². The van der Waals surface area contributed by atoms with Crippen LogP contribution in [0.25, 0.3) is 6.08 Å². The smallest absolute Gasteiger partial charge is 0.338 e. The summed E-state index contributed by atoms with van der Waals surface area (Å²) in [5.74, 6) is -0.316. The first-order chi connectivity index (χ1) is 21.4. The van der Waals surface area contributed by atoms with Crippen LogP contribution >= 0.6 is 0 Å². The molecule has 0 amide bonds. The maximum atomic E-state index is 13.4. The highest BCUT2D eigenvalue weighted by Gasteiger charge is 2.57. The predicted octanol–water partition coefficient (Wildman–Crippen LogP) is 5.05. The molecule has 246 valence electrons. The zero-order valence-electron chi connectivity index (χ0n) is 27.3. The van der Waals surface area contributed by atoms with E-state index in [1.807, 2.05) is 71.1 Å². The van der Waals surface area contributed by atoms with E-state index >= 15 is 0 Å². The van der Waals surface area contributed by atoms with E-state index in [2.05, 4.69) is 4.98 Å². The molecule has 5 rings (SSSR count). The summed E-state index contributed by atoms with van der Waals surface area (Å²) in [6.45, 7) is 11.6. The standard InChI is InChI=1S/C35H47NO9/c1-19(13-25-18-41-23(5)36-25)9-8-10-21(3)32(40-7)22(4)27-17-29(37)35(6)30(45-35)12-11-20(2)26-14-24(16-31(38)42-26)15-28-33(43-28)34(39)44-27/h8-13,18,20,22,24,26-30,32-33,37H,14-17H2,1-7H3/b9-8+,12-11+,19-13+,21-10-. The van der Waals surface area contributed by atoms with Gasteiger partial charge in [-0.3, -0.25) is 4.79 Å². The second-order valence-corrected chi connectivity index (χ2v) is 13.3. The number of oxazole rings is 1. The Morgan fingerprint density at radius 3 is 2.62 bits per heavy atom. The van der Waals surface area contributed by atoms with Crippen molar-refractivity contribution >= 4 is 18.0 Å². The van der Waals surface area contributed by atoms with Gasteiger partial charge in [0.15, 0.2) is 12.0 Å². The van der Waals surface area contributed by atoms with Crippen LogP contribution < -0.4 is 0 Å². The first-order valence-corrected chi connectivity index (χ1v) is 16.0. The molecule has 0 saturated carbocycles. The number of aromatic nitrogens is 1. The van der Waals surface area contributed by atoms with Crippen LogP contribution in [0, 0.1) is 24.7 Å². The van der Waals surface area contributed by atoms with Crippen molar-refractivity contribution in [1.82, 2.24) is 4.98 Å². The Morgan fingerprint density at radius 1 is 1.16 bits per heavy atom. The number of fused-ring (bicyclic) bond motifs is 4. The minimum Gasteiger partial charge on any atom is -0.462 e. The van der Waals surface area contributed by atoms with Gasteiger partial charge in [-0.25, -0.2) is 9.78 Å². The van der Waals surface area contributed by atoms with Crippen LogP contribution in [0.4, 0.5) is 0 Å². The van der Waals surface area contributed by atoms with Crippen LogP contribution in [0.15, 0.2) is 52.2 Å². The number of hydrogen-bond donors (Lipinski definition) is 1. The third-order valence-corrected chi connectivity index (χ3v) is 9.63. The number of carbonyl (C=O) groups is 2. The number of nitrogens with zero attached hydrogens (tertiary/aromatic N) is 1. The fourth-order valence-corrected chi connectivity index (χ4v) is 6.64. The van der Waals surface area contributed by atoms with Crippen LogP contribution in [0.1, 0.15) is 71.9 Å². The van der Waals surface area contributed by atoms with Crippen molar-refractivity contribution in [2.45, 2.75) is 116 Å². The van der Waals surface area contributed by atoms with Crippen molar-refractivity contribution in [2.75, 3.05) is 7.11 Å². The number of hydrogen-bond acceptors (Lipinski definition) is 10. The number of esters is 2. The van der Waals surface area contributed by atoms with Gasteiger partial charge in [-0.1, -0.05) is 44.2 Å². The molecule has 5 heterocycles. The number of methoxy groups -OCH3 is 1. The van der Waals surface area contributed by atoms with Crippen LogP contribution in [0.3, 0.4) is 0 Å². The lowest BCUT2D eigenvalue weighted by Gasteiger charge is -2.33. The molecule has 0 radical (unpaired) electrons. The van der Waals surface area contributed by atoms with Crippen LogP contribution in [0.5, 0.6) is 0 Å². The van der Waals surface area contributed by atoms with Gasteiger partial charge in [0.25, 0.3) is 0 Å². The molecule has 3 fully saturated rings. The SMILES string of the molecule is COC(\C(C)=C/C=C/C(C)=C/c1coc(C)n1)C(C)C1CC(O)C2(C)OC2/C=C/C(C)C2CC(CC(=O)O2)CC2OC2C(=O)O1. The average Bonchev–Trinajstić information content (AvgIpc) is 3.86. The summed E-state index contributed by atoms with van der Waals surface area (Å²) in [4.78, 5) is 30.1. The van der Waals surface area contributed by atoms with Crippen LogP contribution in [-0.2, 0) is 33.3 Å². The fourth-order valence-electron chi connectivity index (χ4n) is 6.64. The Kier molecular flexibility index (Phi) is 10.2. The zero-order valence-corrected chi connectivity index (χ0v) is 27.3. The van der Waals surface area contributed by atoms with E-state index in [9.17, 15) is 14.7 Å². The highest BCUT2D eigenvalue weighted by molar-refractivity contribution is 5.78.